The molecular weight excluding hydrogens is 300 g/mol. The Morgan fingerprint density at radius 1 is 1.43 bits per heavy atom. The van der Waals surface area contributed by atoms with E-state index in [0.29, 0.717) is 35.9 Å². The van der Waals surface area contributed by atoms with E-state index >= 15 is 0 Å². The van der Waals surface area contributed by atoms with Gasteiger partial charge in [-0.15, -0.1) is 0 Å². The Bertz CT molecular complexity index is 704. The van der Waals surface area contributed by atoms with Gasteiger partial charge in [0.2, 0.25) is 5.91 Å². The first-order valence-corrected chi connectivity index (χ1v) is 7.57. The smallest absolute Gasteiger partial charge is 0.308 e. The average molecular weight is 318 g/mol. The molecule has 0 aromatic carbocycles. The third-order valence-corrected chi connectivity index (χ3v) is 4.13. The minimum Gasteiger partial charge on any atom is -0.481 e. The number of oxazole rings is 1. The van der Waals surface area contributed by atoms with E-state index in [1.54, 1.807) is 19.1 Å². The maximum atomic E-state index is 12.2. The number of nitrogens with one attached hydrogen (secondary N) is 1. The number of aliphatic carboxylic acids is 1. The fourth-order valence-corrected chi connectivity index (χ4v) is 2.94. The molecule has 1 aliphatic rings. The molecule has 2 atom stereocenters. The number of aryl methyl sites for hydroxylation is 1. The Hall–Kier alpha value is -2.57. The molecule has 7 heteroatoms. The number of rotatable bonds is 5. The van der Waals surface area contributed by atoms with Crippen LogP contribution in [0, 0.1) is 12.8 Å². The number of nitrogens with zero attached hydrogens (tertiary/aromatic N) is 1. The predicted molar refractivity (Wildman–Crippen MR) is 79.6 cm³/mol. The molecule has 0 saturated heterocycles. The fraction of sp³-hybridized carbons (Fsp3) is 0.438. The highest BCUT2D eigenvalue weighted by atomic mass is 16.4. The summed E-state index contributed by atoms with van der Waals surface area (Å²) in [4.78, 5) is 27.6. The molecule has 0 spiro atoms. The monoisotopic (exact) mass is 318 g/mol. The normalized spacial score (nSPS) is 20.6. The van der Waals surface area contributed by atoms with Crippen LogP contribution in [-0.2, 0) is 16.0 Å². The van der Waals surface area contributed by atoms with E-state index in [1.807, 2.05) is 0 Å². The van der Waals surface area contributed by atoms with Crippen molar-refractivity contribution in [2.45, 2.75) is 38.6 Å². The van der Waals surface area contributed by atoms with E-state index in [0.717, 1.165) is 6.42 Å². The zero-order valence-electron chi connectivity index (χ0n) is 12.7. The number of amides is 1. The van der Waals surface area contributed by atoms with Crippen molar-refractivity contribution < 1.29 is 23.5 Å². The highest BCUT2D eigenvalue weighted by Gasteiger charge is 2.34. The van der Waals surface area contributed by atoms with E-state index in [1.165, 1.54) is 6.26 Å². The number of carbonyl (C=O) groups is 2. The molecule has 1 saturated carbocycles. The highest BCUT2D eigenvalue weighted by molar-refractivity contribution is 5.80. The molecule has 2 aromatic heterocycles. The van der Waals surface area contributed by atoms with Crippen LogP contribution >= 0.6 is 0 Å². The summed E-state index contributed by atoms with van der Waals surface area (Å²) in [6, 6.07) is 3.15. The molecule has 1 aliphatic carbocycles. The number of hydrogen-bond donors (Lipinski definition) is 2. The van der Waals surface area contributed by atoms with Crippen molar-refractivity contribution in [1.82, 2.24) is 10.3 Å². The van der Waals surface area contributed by atoms with Gasteiger partial charge < -0.3 is 19.3 Å². The molecule has 3 rings (SSSR count). The Morgan fingerprint density at radius 3 is 2.96 bits per heavy atom. The topological polar surface area (TPSA) is 106 Å². The van der Waals surface area contributed by atoms with Crippen LogP contribution in [0.5, 0.6) is 0 Å². The first-order chi connectivity index (χ1) is 11.0. The Balaban J connectivity index is 1.65. The lowest BCUT2D eigenvalue weighted by Crippen LogP contribution is -2.40. The van der Waals surface area contributed by atoms with Gasteiger partial charge in [0.05, 0.1) is 24.3 Å². The summed E-state index contributed by atoms with van der Waals surface area (Å²) in [5, 5.41) is 12.0. The van der Waals surface area contributed by atoms with Gasteiger partial charge in [-0.1, -0.05) is 6.42 Å². The molecule has 1 amide bonds. The van der Waals surface area contributed by atoms with Gasteiger partial charge in [0.25, 0.3) is 5.89 Å². The number of carboxylic acid groups (broad SMARTS) is 1. The molecule has 1 fully saturated rings. The Morgan fingerprint density at radius 2 is 2.26 bits per heavy atom. The third kappa shape index (κ3) is 3.28. The van der Waals surface area contributed by atoms with E-state index in [-0.39, 0.29) is 18.4 Å². The largest absolute Gasteiger partial charge is 0.481 e. The lowest BCUT2D eigenvalue weighted by molar-refractivity contribution is -0.142. The van der Waals surface area contributed by atoms with Crippen molar-refractivity contribution in [3.8, 4) is 11.7 Å². The summed E-state index contributed by atoms with van der Waals surface area (Å²) < 4.78 is 10.7. The summed E-state index contributed by atoms with van der Waals surface area (Å²) in [5.74, 6) is -0.221. The SMILES string of the molecule is Cc1oc(-c2ccco2)nc1CC(=O)N[C@@H]1CCC[C@@H]1C(=O)O. The van der Waals surface area contributed by atoms with Gasteiger partial charge >= 0.3 is 5.97 Å². The fourth-order valence-electron chi connectivity index (χ4n) is 2.94. The predicted octanol–water partition coefficient (Wildman–Crippen LogP) is 2.16. The molecule has 0 bridgehead atoms. The number of carbonyl (C=O) groups excluding carboxylic acids is 1. The van der Waals surface area contributed by atoms with Crippen LogP contribution in [0.25, 0.3) is 11.7 Å². The zero-order valence-corrected chi connectivity index (χ0v) is 12.7. The molecule has 7 nitrogen and oxygen atoms in total. The quantitative estimate of drug-likeness (QED) is 0.875. The Kier molecular flexibility index (Phi) is 4.18. The first-order valence-electron chi connectivity index (χ1n) is 7.57. The van der Waals surface area contributed by atoms with E-state index in [2.05, 4.69) is 10.3 Å². The maximum Gasteiger partial charge on any atom is 0.308 e. The summed E-state index contributed by atoms with van der Waals surface area (Å²) in [5.41, 5.74) is 0.527. The number of hydrogen-bond acceptors (Lipinski definition) is 5. The molecule has 2 N–H and O–H groups in total. The lowest BCUT2D eigenvalue weighted by atomic mass is 10.0. The molecule has 23 heavy (non-hydrogen) atoms. The summed E-state index contributed by atoms with van der Waals surface area (Å²) in [6.45, 7) is 1.73. The van der Waals surface area contributed by atoms with Gasteiger partial charge in [0, 0.05) is 6.04 Å². The van der Waals surface area contributed by atoms with Crippen LogP contribution in [0.1, 0.15) is 30.7 Å². The first kappa shape index (κ1) is 15.3. The molecule has 0 radical (unpaired) electrons. The number of furan rings is 1. The van der Waals surface area contributed by atoms with Crippen LogP contribution in [0.15, 0.2) is 27.2 Å². The second kappa shape index (κ2) is 6.28. The van der Waals surface area contributed by atoms with E-state index in [9.17, 15) is 9.59 Å². The van der Waals surface area contributed by atoms with E-state index < -0.39 is 11.9 Å². The van der Waals surface area contributed by atoms with Crippen molar-refractivity contribution in [2.75, 3.05) is 0 Å². The average Bonchev–Trinajstić information content (AvgIpc) is 3.20. The van der Waals surface area contributed by atoms with Crippen LogP contribution < -0.4 is 5.32 Å². The summed E-state index contributed by atoms with van der Waals surface area (Å²) >= 11 is 0. The molecular formula is C16H18N2O5. The lowest BCUT2D eigenvalue weighted by Gasteiger charge is -2.17. The van der Waals surface area contributed by atoms with Crippen molar-refractivity contribution in [3.05, 3.63) is 29.9 Å². The highest BCUT2D eigenvalue weighted by Crippen LogP contribution is 2.26. The van der Waals surface area contributed by atoms with Gasteiger partial charge in [-0.05, 0) is 31.9 Å². The van der Waals surface area contributed by atoms with Gasteiger partial charge in [-0.2, -0.15) is 0 Å². The van der Waals surface area contributed by atoms with Crippen LogP contribution in [0.4, 0.5) is 0 Å². The van der Waals surface area contributed by atoms with Gasteiger partial charge in [-0.3, -0.25) is 9.59 Å². The number of aromatic nitrogens is 1. The minimum atomic E-state index is -0.856. The van der Waals surface area contributed by atoms with Gasteiger partial charge in [-0.25, -0.2) is 4.98 Å². The van der Waals surface area contributed by atoms with Crippen LogP contribution in [0.3, 0.4) is 0 Å². The third-order valence-electron chi connectivity index (χ3n) is 4.13. The second-order valence-corrected chi connectivity index (χ2v) is 5.73. The minimum absolute atomic E-state index is 0.0544. The van der Waals surface area contributed by atoms with Crippen molar-refractivity contribution in [3.63, 3.8) is 0 Å². The standard InChI is InChI=1S/C16H18N2O5/c1-9-12(18-15(23-9)13-6-3-7-22-13)8-14(19)17-11-5-2-4-10(11)16(20)21/h3,6-7,10-11H,2,4-5,8H2,1H3,(H,17,19)(H,20,21)/t10-,11+/m0/s1. The van der Waals surface area contributed by atoms with E-state index in [4.69, 9.17) is 13.9 Å². The Labute approximate surface area is 132 Å². The van der Waals surface area contributed by atoms with Crippen LogP contribution in [-0.4, -0.2) is 28.0 Å². The molecule has 122 valence electrons. The summed E-state index contributed by atoms with van der Waals surface area (Å²) in [7, 11) is 0. The summed E-state index contributed by atoms with van der Waals surface area (Å²) in [6.07, 6.45) is 3.68. The van der Waals surface area contributed by atoms with Gasteiger partial charge in [0.15, 0.2) is 5.76 Å². The zero-order chi connectivity index (χ0) is 16.4. The van der Waals surface area contributed by atoms with Crippen molar-refractivity contribution in [2.24, 2.45) is 5.92 Å². The van der Waals surface area contributed by atoms with Crippen molar-refractivity contribution >= 4 is 11.9 Å². The molecule has 0 unspecified atom stereocenters. The van der Waals surface area contributed by atoms with Crippen LogP contribution in [0.2, 0.25) is 0 Å². The molecule has 2 aromatic rings. The molecule has 0 aliphatic heterocycles. The van der Waals surface area contributed by atoms with Gasteiger partial charge in [0.1, 0.15) is 5.76 Å². The van der Waals surface area contributed by atoms with Crippen molar-refractivity contribution in [1.29, 1.82) is 0 Å². The number of carboxylic acids is 1. The molecule has 2 heterocycles. The second-order valence-electron chi connectivity index (χ2n) is 5.73. The maximum absolute atomic E-state index is 12.2.